The minimum atomic E-state index is -0.506. The molecule has 2 aromatic rings. The molecule has 0 amide bonds. The number of rotatable bonds is 2. The van der Waals surface area contributed by atoms with Gasteiger partial charge in [0.05, 0.1) is 24.3 Å². The molecular formula is C14H8Cl2N2O2. The summed E-state index contributed by atoms with van der Waals surface area (Å²) in [6, 6.07) is 9.80. The maximum Gasteiger partial charge on any atom is 0.338 e. The number of hydrogen-bond donors (Lipinski definition) is 0. The summed E-state index contributed by atoms with van der Waals surface area (Å²) in [6.45, 7) is 0. The Morgan fingerprint density at radius 2 is 1.90 bits per heavy atom. The van der Waals surface area contributed by atoms with Gasteiger partial charge in [-0.1, -0.05) is 23.2 Å². The number of esters is 1. The van der Waals surface area contributed by atoms with Crippen LogP contribution in [0.15, 0.2) is 30.3 Å². The largest absolute Gasteiger partial charge is 0.465 e. The van der Waals surface area contributed by atoms with Crippen LogP contribution in [0.5, 0.6) is 0 Å². The molecule has 0 radical (unpaired) electrons. The highest BCUT2D eigenvalue weighted by molar-refractivity contribution is 6.32. The molecule has 4 nitrogen and oxygen atoms in total. The number of benzene rings is 1. The molecule has 6 heteroatoms. The SMILES string of the molecule is COC(=O)c1ccc(C#N)cc1-c1cc(Cl)nc(Cl)c1. The summed E-state index contributed by atoms with van der Waals surface area (Å²) in [5.41, 5.74) is 1.84. The molecule has 0 aliphatic heterocycles. The van der Waals surface area contributed by atoms with Crippen molar-refractivity contribution in [2.75, 3.05) is 7.11 Å². The van der Waals surface area contributed by atoms with Gasteiger partial charge in [-0.3, -0.25) is 0 Å². The van der Waals surface area contributed by atoms with Gasteiger partial charge in [0, 0.05) is 0 Å². The van der Waals surface area contributed by atoms with Gasteiger partial charge in [0.2, 0.25) is 0 Å². The zero-order valence-corrected chi connectivity index (χ0v) is 11.9. The van der Waals surface area contributed by atoms with Gasteiger partial charge in [0.25, 0.3) is 0 Å². The molecule has 0 saturated carbocycles. The van der Waals surface area contributed by atoms with Gasteiger partial charge in [0.1, 0.15) is 10.3 Å². The van der Waals surface area contributed by atoms with E-state index in [1.807, 2.05) is 6.07 Å². The van der Waals surface area contributed by atoms with Crippen LogP contribution in [-0.4, -0.2) is 18.1 Å². The summed E-state index contributed by atoms with van der Waals surface area (Å²) in [6.07, 6.45) is 0. The first-order valence-electron chi connectivity index (χ1n) is 5.51. The highest BCUT2D eigenvalue weighted by Gasteiger charge is 2.15. The van der Waals surface area contributed by atoms with Crippen LogP contribution >= 0.6 is 23.2 Å². The second kappa shape index (κ2) is 5.91. The molecule has 0 N–H and O–H groups in total. The lowest BCUT2D eigenvalue weighted by Gasteiger charge is -2.09. The van der Waals surface area contributed by atoms with Crippen LogP contribution in [0.1, 0.15) is 15.9 Å². The van der Waals surface area contributed by atoms with Crippen LogP contribution in [0.2, 0.25) is 10.3 Å². The normalized spacial score (nSPS) is 9.90. The molecule has 20 heavy (non-hydrogen) atoms. The van der Waals surface area contributed by atoms with E-state index in [2.05, 4.69) is 4.98 Å². The predicted octanol–water partition coefficient (Wildman–Crippen LogP) is 3.71. The second-order valence-electron chi connectivity index (χ2n) is 3.87. The minimum Gasteiger partial charge on any atom is -0.465 e. The number of methoxy groups -OCH3 is 1. The monoisotopic (exact) mass is 306 g/mol. The quantitative estimate of drug-likeness (QED) is 0.626. The van der Waals surface area contributed by atoms with Crippen molar-refractivity contribution in [3.8, 4) is 17.2 Å². The Kier molecular flexibility index (Phi) is 4.23. The molecule has 0 unspecified atom stereocenters. The van der Waals surface area contributed by atoms with E-state index in [1.54, 1.807) is 24.3 Å². The standard InChI is InChI=1S/C14H8Cl2N2O2/c1-20-14(19)10-3-2-8(7-17)4-11(10)9-5-12(15)18-13(16)6-9/h2-6H,1H3. The van der Waals surface area contributed by atoms with Crippen molar-refractivity contribution >= 4 is 29.2 Å². The van der Waals surface area contributed by atoms with Crippen molar-refractivity contribution in [2.24, 2.45) is 0 Å². The molecule has 0 aliphatic rings. The van der Waals surface area contributed by atoms with Gasteiger partial charge in [-0.2, -0.15) is 5.26 Å². The van der Waals surface area contributed by atoms with Crippen LogP contribution in [0.25, 0.3) is 11.1 Å². The molecule has 0 fully saturated rings. The number of nitriles is 1. The fourth-order valence-electron chi connectivity index (χ4n) is 1.76. The van der Waals surface area contributed by atoms with E-state index in [-0.39, 0.29) is 10.3 Å². The number of ether oxygens (including phenoxy) is 1. The van der Waals surface area contributed by atoms with E-state index in [4.69, 9.17) is 33.2 Å². The van der Waals surface area contributed by atoms with Crippen molar-refractivity contribution in [3.63, 3.8) is 0 Å². The lowest BCUT2D eigenvalue weighted by molar-refractivity contribution is 0.0601. The van der Waals surface area contributed by atoms with E-state index >= 15 is 0 Å². The zero-order valence-electron chi connectivity index (χ0n) is 10.4. The molecule has 0 bridgehead atoms. The lowest BCUT2D eigenvalue weighted by Crippen LogP contribution is -2.04. The van der Waals surface area contributed by atoms with Gasteiger partial charge in [-0.05, 0) is 41.5 Å². The number of halogens is 2. The Bertz CT molecular complexity index is 703. The molecule has 100 valence electrons. The third-order valence-corrected chi connectivity index (χ3v) is 3.02. The average Bonchev–Trinajstić information content (AvgIpc) is 2.44. The summed E-state index contributed by atoms with van der Waals surface area (Å²) in [7, 11) is 1.29. The van der Waals surface area contributed by atoms with E-state index in [1.165, 1.54) is 13.2 Å². The summed E-state index contributed by atoms with van der Waals surface area (Å²) in [5, 5.41) is 9.37. The summed E-state index contributed by atoms with van der Waals surface area (Å²) >= 11 is 11.7. The predicted molar refractivity (Wildman–Crippen MR) is 75.7 cm³/mol. The number of carbonyl (C=O) groups is 1. The molecule has 0 aliphatic carbocycles. The number of aromatic nitrogens is 1. The lowest BCUT2D eigenvalue weighted by atomic mass is 9.98. The molecule has 1 aromatic heterocycles. The van der Waals surface area contributed by atoms with Gasteiger partial charge in [-0.15, -0.1) is 0 Å². The minimum absolute atomic E-state index is 0.200. The third-order valence-electron chi connectivity index (χ3n) is 2.63. The number of pyridine rings is 1. The van der Waals surface area contributed by atoms with Crippen molar-refractivity contribution in [1.82, 2.24) is 4.98 Å². The molecule has 1 heterocycles. The Balaban J connectivity index is 2.69. The van der Waals surface area contributed by atoms with Crippen LogP contribution in [0.4, 0.5) is 0 Å². The smallest absolute Gasteiger partial charge is 0.338 e. The van der Waals surface area contributed by atoms with Crippen LogP contribution in [-0.2, 0) is 4.74 Å². The molecular weight excluding hydrogens is 299 g/mol. The van der Waals surface area contributed by atoms with Gasteiger partial charge in [-0.25, -0.2) is 9.78 Å². The van der Waals surface area contributed by atoms with Crippen molar-refractivity contribution in [3.05, 3.63) is 51.8 Å². The second-order valence-corrected chi connectivity index (χ2v) is 4.64. The third kappa shape index (κ3) is 2.90. The summed E-state index contributed by atoms with van der Waals surface area (Å²) in [5.74, 6) is -0.506. The Morgan fingerprint density at radius 3 is 2.45 bits per heavy atom. The van der Waals surface area contributed by atoms with Crippen molar-refractivity contribution in [2.45, 2.75) is 0 Å². The van der Waals surface area contributed by atoms with E-state index < -0.39 is 5.97 Å². The molecule has 0 atom stereocenters. The van der Waals surface area contributed by atoms with Crippen molar-refractivity contribution < 1.29 is 9.53 Å². The van der Waals surface area contributed by atoms with Crippen LogP contribution in [0, 0.1) is 11.3 Å². The summed E-state index contributed by atoms with van der Waals surface area (Å²) < 4.78 is 4.73. The van der Waals surface area contributed by atoms with Gasteiger partial charge >= 0.3 is 5.97 Å². The fourth-order valence-corrected chi connectivity index (χ4v) is 2.22. The number of hydrogen-bond acceptors (Lipinski definition) is 4. The summed E-state index contributed by atoms with van der Waals surface area (Å²) in [4.78, 5) is 15.6. The Morgan fingerprint density at radius 1 is 1.25 bits per heavy atom. The highest BCUT2D eigenvalue weighted by atomic mass is 35.5. The maximum absolute atomic E-state index is 11.8. The Hall–Kier alpha value is -2.09. The average molecular weight is 307 g/mol. The molecule has 2 rings (SSSR count). The fraction of sp³-hybridized carbons (Fsp3) is 0.0714. The first-order chi connectivity index (χ1) is 9.55. The topological polar surface area (TPSA) is 63.0 Å². The van der Waals surface area contributed by atoms with Gasteiger partial charge in [0.15, 0.2) is 0 Å². The Labute approximate surface area is 125 Å². The molecule has 1 aromatic carbocycles. The number of carbonyl (C=O) groups excluding carboxylic acids is 1. The molecule has 0 spiro atoms. The first kappa shape index (κ1) is 14.3. The van der Waals surface area contributed by atoms with Crippen LogP contribution in [0.3, 0.4) is 0 Å². The highest BCUT2D eigenvalue weighted by Crippen LogP contribution is 2.29. The van der Waals surface area contributed by atoms with E-state index in [0.717, 1.165) is 0 Å². The maximum atomic E-state index is 11.8. The number of nitrogens with zero attached hydrogens (tertiary/aromatic N) is 2. The van der Waals surface area contributed by atoms with E-state index in [0.29, 0.717) is 22.3 Å². The van der Waals surface area contributed by atoms with E-state index in [9.17, 15) is 4.79 Å². The zero-order chi connectivity index (χ0) is 14.7. The molecule has 0 saturated heterocycles. The van der Waals surface area contributed by atoms with Crippen molar-refractivity contribution in [1.29, 1.82) is 5.26 Å². The first-order valence-corrected chi connectivity index (χ1v) is 6.26. The van der Waals surface area contributed by atoms with Crippen LogP contribution < -0.4 is 0 Å². The van der Waals surface area contributed by atoms with Gasteiger partial charge < -0.3 is 4.74 Å².